The summed E-state index contributed by atoms with van der Waals surface area (Å²) in [6.07, 6.45) is 20.7. The van der Waals surface area contributed by atoms with Gasteiger partial charge in [-0.25, -0.2) is 0 Å². The van der Waals surface area contributed by atoms with Gasteiger partial charge in [0.2, 0.25) is 0 Å². The highest BCUT2D eigenvalue weighted by Crippen LogP contribution is 2.49. The smallest absolute Gasteiger partial charge is 0.0932 e. The molecule has 1 saturated carbocycles. The van der Waals surface area contributed by atoms with E-state index in [9.17, 15) is 10.5 Å². The van der Waals surface area contributed by atoms with Crippen molar-refractivity contribution in [3.63, 3.8) is 0 Å². The predicted octanol–water partition coefficient (Wildman–Crippen LogP) is 17.9. The molecular formula is C60H113N3O2. The van der Waals surface area contributed by atoms with E-state index in [1.165, 1.54) is 102 Å². The number of unbranched alkanes of at least 4 members (excludes halogenated alkanes) is 3. The second kappa shape index (κ2) is 38.3. The Hall–Kier alpha value is -2.73. The lowest BCUT2D eigenvalue weighted by Gasteiger charge is -2.28. The van der Waals surface area contributed by atoms with Gasteiger partial charge in [0.05, 0.1) is 24.7 Å². The molecule has 2 rings (SSSR count). The maximum atomic E-state index is 10.2. The van der Waals surface area contributed by atoms with Crippen molar-refractivity contribution in [2.24, 2.45) is 34.1 Å². The topological polar surface area (TPSA) is 105 Å². The standard InChI is InChI=1S/C27H39NO.C10H22.C9H16O.C9H20.C4H11N.CH5N/c1-12-17(7)19(9)25(18(8)15(3)4)27(28)26-21(11)20(10)24(16(5)6)23(14-29)22(26)13-2;1-4-6-7-8-9-10(3)5-2;1-4-9(5-6-9)7-10-8(2)3;1-5-9(6-2,7-3)8-4;1-4(2)3-5;1-2/h12,28-29H,5,13-14H2,1-4,6-11H3;10H,4-9H2,1-3H3;2,4-7H2,1,3H3;5-8H2,1-4H3;4H,3,5H2,1-2H3;2H2,1H3/b17-12-,25-19-,28-27?;;;;;. The molecule has 5 nitrogen and oxygen atoms in total. The molecule has 0 aliphatic heterocycles. The quantitative estimate of drug-likeness (QED) is 0.0402. The fraction of sp³-hybridized carbons (Fsp3) is 0.717. The number of nitrogens with one attached hydrogen (secondary N) is 1. The molecule has 1 aliphatic rings. The van der Waals surface area contributed by atoms with Crippen molar-refractivity contribution in [1.82, 2.24) is 0 Å². The van der Waals surface area contributed by atoms with Crippen LogP contribution in [-0.2, 0) is 17.8 Å². The van der Waals surface area contributed by atoms with Gasteiger partial charge in [-0.1, -0.05) is 176 Å². The molecule has 1 unspecified atom stereocenters. The number of ether oxygens (including phenoxy) is 1. The highest BCUT2D eigenvalue weighted by Gasteiger charge is 2.41. The molecule has 0 saturated heterocycles. The molecule has 0 heterocycles. The van der Waals surface area contributed by atoms with E-state index >= 15 is 0 Å². The first-order valence-electron chi connectivity index (χ1n) is 26.0. The normalized spacial score (nSPS) is 13.3. The van der Waals surface area contributed by atoms with Crippen LogP contribution in [0.3, 0.4) is 0 Å². The van der Waals surface area contributed by atoms with E-state index in [-0.39, 0.29) is 6.61 Å². The summed E-state index contributed by atoms with van der Waals surface area (Å²) in [7, 11) is 1.50. The van der Waals surface area contributed by atoms with Crippen LogP contribution >= 0.6 is 0 Å². The second-order valence-corrected chi connectivity index (χ2v) is 19.5. The number of allylic oxidation sites excluding steroid dienone is 8. The summed E-state index contributed by atoms with van der Waals surface area (Å²) in [5.41, 5.74) is 24.2. The lowest BCUT2D eigenvalue weighted by atomic mass is 9.78. The fourth-order valence-corrected chi connectivity index (χ4v) is 7.73. The summed E-state index contributed by atoms with van der Waals surface area (Å²) >= 11 is 0. The Morgan fingerprint density at radius 1 is 0.785 bits per heavy atom. The van der Waals surface area contributed by atoms with Gasteiger partial charge in [-0.15, -0.1) is 0 Å². The lowest BCUT2D eigenvalue weighted by Crippen LogP contribution is -2.17. The third kappa shape index (κ3) is 25.8. The zero-order chi connectivity index (χ0) is 51.7. The summed E-state index contributed by atoms with van der Waals surface area (Å²) < 4.78 is 5.37. The summed E-state index contributed by atoms with van der Waals surface area (Å²) in [6.45, 7) is 54.8. The van der Waals surface area contributed by atoms with Crippen molar-refractivity contribution in [1.29, 1.82) is 5.41 Å². The molecule has 6 N–H and O–H groups in total. The van der Waals surface area contributed by atoms with Gasteiger partial charge in [-0.2, -0.15) is 0 Å². The Kier molecular flexibility index (Phi) is 40.5. The van der Waals surface area contributed by atoms with Gasteiger partial charge < -0.3 is 21.3 Å². The first kappa shape index (κ1) is 68.8. The molecule has 1 aromatic carbocycles. The maximum absolute atomic E-state index is 10.2. The monoisotopic (exact) mass is 908 g/mol. The number of benzene rings is 1. The molecule has 380 valence electrons. The third-order valence-electron chi connectivity index (χ3n) is 14.3. The van der Waals surface area contributed by atoms with Crippen molar-refractivity contribution < 1.29 is 9.84 Å². The second-order valence-electron chi connectivity index (χ2n) is 19.5. The fourth-order valence-electron chi connectivity index (χ4n) is 7.73. The minimum atomic E-state index is -0.0414. The van der Waals surface area contributed by atoms with Crippen LogP contribution in [0.4, 0.5) is 0 Å². The highest BCUT2D eigenvalue weighted by atomic mass is 16.5. The Balaban J connectivity index is -0.000000420. The molecule has 0 aromatic heterocycles. The van der Waals surface area contributed by atoms with Gasteiger partial charge in [0, 0.05) is 16.6 Å². The SMILES string of the molecule is C=C(C)OCC1(CC)CC1.C=C(C)c1c(C)c(C)c(C(=N)/C(C(C)=C(C)C)=C(C)\C(C)=C/C)c(CC)c1CO.CC(C)CN.CCC(CC)(CC)CC.CCCCCCC(C)CC.CN. The molecule has 1 atom stereocenters. The largest absolute Gasteiger partial charge is 0.498 e. The number of hydrogen-bond donors (Lipinski definition) is 4. The van der Waals surface area contributed by atoms with Crippen molar-refractivity contribution >= 4 is 11.3 Å². The molecule has 0 amide bonds. The number of hydrogen-bond acceptors (Lipinski definition) is 5. The van der Waals surface area contributed by atoms with E-state index in [0.29, 0.717) is 22.5 Å². The number of rotatable bonds is 22. The van der Waals surface area contributed by atoms with Gasteiger partial charge in [-0.05, 0) is 165 Å². The molecule has 1 aromatic rings. The molecule has 5 heteroatoms. The predicted molar refractivity (Wildman–Crippen MR) is 297 cm³/mol. The van der Waals surface area contributed by atoms with Gasteiger partial charge >= 0.3 is 0 Å². The zero-order valence-corrected chi connectivity index (χ0v) is 47.7. The average Bonchev–Trinajstić information content (AvgIpc) is 4.09. The first-order valence-corrected chi connectivity index (χ1v) is 26.0. The van der Waals surface area contributed by atoms with Crippen LogP contribution in [0, 0.1) is 41.9 Å². The average molecular weight is 909 g/mol. The van der Waals surface area contributed by atoms with Crippen LogP contribution in [0.15, 0.2) is 52.9 Å². The van der Waals surface area contributed by atoms with E-state index in [1.807, 2.05) is 20.8 Å². The molecule has 65 heavy (non-hydrogen) atoms. The summed E-state index contributed by atoms with van der Waals surface area (Å²) in [5.74, 6) is 2.46. The van der Waals surface area contributed by atoms with Crippen LogP contribution in [0.2, 0.25) is 0 Å². The van der Waals surface area contributed by atoms with Gasteiger partial charge in [0.1, 0.15) is 0 Å². The Morgan fingerprint density at radius 3 is 1.55 bits per heavy atom. The molecule has 1 fully saturated rings. The van der Waals surface area contributed by atoms with Crippen LogP contribution in [0.25, 0.3) is 5.57 Å². The van der Waals surface area contributed by atoms with Crippen molar-refractivity contribution in [3.05, 3.63) is 86.2 Å². The molecule has 0 radical (unpaired) electrons. The van der Waals surface area contributed by atoms with Gasteiger partial charge in [0.25, 0.3) is 0 Å². The molecule has 0 bridgehead atoms. The van der Waals surface area contributed by atoms with E-state index in [4.69, 9.17) is 10.5 Å². The van der Waals surface area contributed by atoms with Gasteiger partial charge in [-0.3, -0.25) is 5.41 Å². The Bertz CT molecular complexity index is 1560. The van der Waals surface area contributed by atoms with E-state index < -0.39 is 0 Å². The zero-order valence-electron chi connectivity index (χ0n) is 47.7. The Labute approximate surface area is 407 Å². The van der Waals surface area contributed by atoms with E-state index in [1.54, 1.807) is 0 Å². The minimum Gasteiger partial charge on any atom is -0.498 e. The van der Waals surface area contributed by atoms with E-state index in [0.717, 1.165) is 86.9 Å². The summed E-state index contributed by atoms with van der Waals surface area (Å²) in [6, 6.07) is 0. The van der Waals surface area contributed by atoms with Crippen LogP contribution in [-0.4, -0.2) is 31.0 Å². The minimum absolute atomic E-state index is 0.0414. The van der Waals surface area contributed by atoms with Crippen molar-refractivity contribution in [2.75, 3.05) is 20.2 Å². The summed E-state index contributed by atoms with van der Waals surface area (Å²) in [5, 5.41) is 19.5. The number of aliphatic hydroxyl groups excluding tert-OH is 1. The lowest BCUT2D eigenvalue weighted by molar-refractivity contribution is 0.153. The third-order valence-corrected chi connectivity index (χ3v) is 14.3. The van der Waals surface area contributed by atoms with Crippen LogP contribution in [0.1, 0.15) is 248 Å². The molecule has 0 spiro atoms. The molecule has 1 aliphatic carbocycles. The van der Waals surface area contributed by atoms with Crippen molar-refractivity contribution in [2.45, 2.75) is 242 Å². The van der Waals surface area contributed by atoms with Crippen molar-refractivity contribution in [3.8, 4) is 0 Å². The van der Waals surface area contributed by atoms with Crippen LogP contribution < -0.4 is 11.5 Å². The maximum Gasteiger partial charge on any atom is 0.0932 e. The summed E-state index contributed by atoms with van der Waals surface area (Å²) in [4.78, 5) is 0. The van der Waals surface area contributed by atoms with Crippen LogP contribution in [0.5, 0.6) is 0 Å². The molecular weight excluding hydrogens is 795 g/mol. The number of aliphatic hydroxyl groups is 1. The van der Waals surface area contributed by atoms with Gasteiger partial charge in [0.15, 0.2) is 0 Å². The highest BCUT2D eigenvalue weighted by molar-refractivity contribution is 6.16. The Morgan fingerprint density at radius 2 is 1.26 bits per heavy atom. The van der Waals surface area contributed by atoms with E-state index in [2.05, 4.69) is 150 Å². The first-order chi connectivity index (χ1) is 30.5. The number of nitrogens with two attached hydrogens (primary N) is 2.